The van der Waals surface area contributed by atoms with Crippen LogP contribution in [-0.2, 0) is 0 Å². The highest BCUT2D eigenvalue weighted by molar-refractivity contribution is 6.10. The summed E-state index contributed by atoms with van der Waals surface area (Å²) >= 11 is 0. The van der Waals surface area contributed by atoms with Crippen LogP contribution >= 0.6 is 0 Å². The fraction of sp³-hybridized carbons (Fsp3) is 0. The van der Waals surface area contributed by atoms with Gasteiger partial charge in [-0.2, -0.15) is 0 Å². The number of fused-ring (bicyclic) bond motifs is 6. The van der Waals surface area contributed by atoms with Crippen LogP contribution in [0.1, 0.15) is 0 Å². The van der Waals surface area contributed by atoms with E-state index in [1.54, 1.807) is 0 Å². The van der Waals surface area contributed by atoms with E-state index in [0.29, 0.717) is 17.5 Å². The van der Waals surface area contributed by atoms with Crippen molar-refractivity contribution in [3.63, 3.8) is 0 Å². The quantitative estimate of drug-likeness (QED) is 0.212. The Morgan fingerprint density at radius 3 is 1.30 bits per heavy atom. The Morgan fingerprint density at radius 2 is 0.727 bits per heavy atom. The third-order valence-corrected chi connectivity index (χ3v) is 8.18. The molecule has 0 N–H and O–H groups in total. The Balaban J connectivity index is 1.35. The Morgan fingerprint density at radius 1 is 0.318 bits per heavy atom. The van der Waals surface area contributed by atoms with Crippen molar-refractivity contribution >= 4 is 43.9 Å². The van der Waals surface area contributed by atoms with Gasteiger partial charge in [0.25, 0.3) is 0 Å². The van der Waals surface area contributed by atoms with Crippen molar-refractivity contribution in [1.29, 1.82) is 0 Å². The van der Waals surface area contributed by atoms with Gasteiger partial charge in [0.15, 0.2) is 17.5 Å². The molecule has 6 aromatic carbocycles. The first-order chi connectivity index (χ1) is 21.8. The lowest BCUT2D eigenvalue weighted by Crippen LogP contribution is -2.01. The number of benzene rings is 6. The molecule has 0 saturated carbocycles. The molecule has 0 fully saturated rings. The molecule has 0 bridgehead atoms. The summed E-state index contributed by atoms with van der Waals surface area (Å²) in [7, 11) is 0. The number of nitrogens with zero attached hydrogens (tertiary/aromatic N) is 3. The highest BCUT2D eigenvalue weighted by atomic mass is 16.3. The molecular weight excluding hydrogens is 542 g/mol. The second-order valence-corrected chi connectivity index (χ2v) is 10.8. The lowest BCUT2D eigenvalue weighted by atomic mass is 9.99. The van der Waals surface area contributed by atoms with Crippen molar-refractivity contribution in [1.82, 2.24) is 15.0 Å². The summed E-state index contributed by atoms with van der Waals surface area (Å²) in [5.41, 5.74) is 7.79. The van der Waals surface area contributed by atoms with Gasteiger partial charge in [-0.3, -0.25) is 0 Å². The molecule has 0 atom stereocenters. The molecule has 9 rings (SSSR count). The molecule has 9 aromatic rings. The minimum atomic E-state index is 0.533. The SMILES string of the molecule is c1ccc(-c2ccccc2-c2nc(-c3cccc4c3oc3ccccc34)nc(-c3cccc4c3oc3ccccc34)n2)cc1. The molecule has 0 aliphatic heterocycles. The molecule has 0 aliphatic carbocycles. The average Bonchev–Trinajstić information content (AvgIpc) is 3.67. The van der Waals surface area contributed by atoms with Crippen LogP contribution < -0.4 is 0 Å². The molecule has 5 nitrogen and oxygen atoms in total. The molecule has 5 heteroatoms. The minimum absolute atomic E-state index is 0.533. The Kier molecular flexibility index (Phi) is 5.43. The van der Waals surface area contributed by atoms with Crippen molar-refractivity contribution in [3.8, 4) is 45.3 Å². The summed E-state index contributed by atoms with van der Waals surface area (Å²) in [4.78, 5) is 15.3. The molecule has 3 aromatic heterocycles. The number of rotatable bonds is 4. The number of aromatic nitrogens is 3. The first kappa shape index (κ1) is 24.5. The van der Waals surface area contributed by atoms with Crippen LogP contribution in [0.15, 0.2) is 148 Å². The van der Waals surface area contributed by atoms with Crippen LogP contribution in [0.4, 0.5) is 0 Å². The highest BCUT2D eigenvalue weighted by Gasteiger charge is 2.21. The van der Waals surface area contributed by atoms with Gasteiger partial charge in [-0.15, -0.1) is 0 Å². The number of para-hydroxylation sites is 4. The molecule has 0 amide bonds. The lowest BCUT2D eigenvalue weighted by Gasteiger charge is -2.12. The average molecular weight is 566 g/mol. The number of hydrogen-bond acceptors (Lipinski definition) is 5. The first-order valence-corrected chi connectivity index (χ1v) is 14.5. The zero-order chi connectivity index (χ0) is 29.0. The van der Waals surface area contributed by atoms with E-state index in [9.17, 15) is 0 Å². The van der Waals surface area contributed by atoms with E-state index in [0.717, 1.165) is 71.7 Å². The zero-order valence-corrected chi connectivity index (χ0v) is 23.4. The highest BCUT2D eigenvalue weighted by Crippen LogP contribution is 2.39. The van der Waals surface area contributed by atoms with Gasteiger partial charge in [0, 0.05) is 27.1 Å². The van der Waals surface area contributed by atoms with Crippen LogP contribution in [0.2, 0.25) is 0 Å². The third-order valence-electron chi connectivity index (χ3n) is 8.18. The molecule has 206 valence electrons. The summed E-state index contributed by atoms with van der Waals surface area (Å²) in [6.07, 6.45) is 0. The topological polar surface area (TPSA) is 65.0 Å². The maximum absolute atomic E-state index is 6.41. The summed E-state index contributed by atoms with van der Waals surface area (Å²) in [5.74, 6) is 1.64. The van der Waals surface area contributed by atoms with Crippen LogP contribution in [-0.4, -0.2) is 15.0 Å². The molecular formula is C39H23N3O2. The second kappa shape index (κ2) is 9.75. The van der Waals surface area contributed by atoms with Gasteiger partial charge in [-0.25, -0.2) is 15.0 Å². The normalized spacial score (nSPS) is 11.6. The molecule has 44 heavy (non-hydrogen) atoms. The van der Waals surface area contributed by atoms with Crippen molar-refractivity contribution in [3.05, 3.63) is 140 Å². The molecule has 3 heterocycles. The van der Waals surface area contributed by atoms with Crippen LogP contribution in [0.25, 0.3) is 89.2 Å². The molecule has 0 unspecified atom stereocenters. The Labute approximate surface area is 252 Å². The van der Waals surface area contributed by atoms with Gasteiger partial charge in [-0.05, 0) is 35.4 Å². The van der Waals surface area contributed by atoms with E-state index >= 15 is 0 Å². The first-order valence-electron chi connectivity index (χ1n) is 14.5. The maximum Gasteiger partial charge on any atom is 0.167 e. The fourth-order valence-corrected chi connectivity index (χ4v) is 6.13. The Bertz CT molecular complexity index is 2380. The van der Waals surface area contributed by atoms with Crippen LogP contribution in [0, 0.1) is 0 Å². The van der Waals surface area contributed by atoms with E-state index in [2.05, 4.69) is 48.5 Å². The zero-order valence-electron chi connectivity index (χ0n) is 23.4. The maximum atomic E-state index is 6.41. The molecule has 0 saturated heterocycles. The molecule has 0 spiro atoms. The predicted octanol–water partition coefficient (Wildman–Crippen LogP) is 10.3. The van der Waals surface area contributed by atoms with E-state index in [4.69, 9.17) is 23.8 Å². The summed E-state index contributed by atoms with van der Waals surface area (Å²) < 4.78 is 12.8. The second-order valence-electron chi connectivity index (χ2n) is 10.8. The van der Waals surface area contributed by atoms with Crippen molar-refractivity contribution in [2.45, 2.75) is 0 Å². The largest absolute Gasteiger partial charge is 0.455 e. The van der Waals surface area contributed by atoms with Crippen molar-refractivity contribution in [2.75, 3.05) is 0 Å². The van der Waals surface area contributed by atoms with Gasteiger partial charge in [-0.1, -0.05) is 115 Å². The molecule has 0 radical (unpaired) electrons. The predicted molar refractivity (Wildman–Crippen MR) is 176 cm³/mol. The van der Waals surface area contributed by atoms with Gasteiger partial charge < -0.3 is 8.83 Å². The van der Waals surface area contributed by atoms with Crippen molar-refractivity contribution < 1.29 is 8.83 Å². The summed E-state index contributed by atoms with van der Waals surface area (Å²) in [5, 5.41) is 4.15. The number of hydrogen-bond donors (Lipinski definition) is 0. The monoisotopic (exact) mass is 565 g/mol. The summed E-state index contributed by atoms with van der Waals surface area (Å²) in [6.45, 7) is 0. The van der Waals surface area contributed by atoms with Gasteiger partial charge >= 0.3 is 0 Å². The Hall–Kier alpha value is -6.07. The van der Waals surface area contributed by atoms with Crippen LogP contribution in [0.5, 0.6) is 0 Å². The van der Waals surface area contributed by atoms with Crippen LogP contribution in [0.3, 0.4) is 0 Å². The minimum Gasteiger partial charge on any atom is -0.455 e. The van der Waals surface area contributed by atoms with E-state index in [1.165, 1.54) is 0 Å². The number of furan rings is 2. The van der Waals surface area contributed by atoms with Crippen molar-refractivity contribution in [2.24, 2.45) is 0 Å². The standard InChI is InChI=1S/C39H23N3O2/c1-2-12-24(13-3-1)25-14-4-5-17-30(25)37-40-38(31-20-10-18-28-26-15-6-8-22-33(26)43-35(28)31)42-39(41-37)32-21-11-19-29-27-16-7-9-23-34(27)44-36(29)32/h1-23H. The van der Waals surface area contributed by atoms with E-state index in [1.807, 2.05) is 91.0 Å². The lowest BCUT2D eigenvalue weighted by molar-refractivity contribution is 0.669. The smallest absolute Gasteiger partial charge is 0.167 e. The van der Waals surface area contributed by atoms with Gasteiger partial charge in [0.05, 0.1) is 11.1 Å². The molecule has 0 aliphatic rings. The van der Waals surface area contributed by atoms with Gasteiger partial charge in [0.1, 0.15) is 22.3 Å². The summed E-state index contributed by atoms with van der Waals surface area (Å²) in [6, 6.07) is 46.9. The van der Waals surface area contributed by atoms with Gasteiger partial charge in [0.2, 0.25) is 0 Å². The third kappa shape index (κ3) is 3.83. The fourth-order valence-electron chi connectivity index (χ4n) is 6.13. The van der Waals surface area contributed by atoms with E-state index < -0.39 is 0 Å². The van der Waals surface area contributed by atoms with E-state index in [-0.39, 0.29) is 0 Å².